The third-order valence-electron chi connectivity index (χ3n) is 2.87. The minimum absolute atomic E-state index is 0.116. The lowest BCUT2D eigenvalue weighted by molar-refractivity contribution is -0.142. The lowest BCUT2D eigenvalue weighted by atomic mass is 10.1. The first kappa shape index (κ1) is 15.1. The van der Waals surface area contributed by atoms with Crippen LogP contribution in [0.15, 0.2) is 42.9 Å². The summed E-state index contributed by atoms with van der Waals surface area (Å²) >= 11 is 0. The molecule has 0 aromatic carbocycles. The van der Waals surface area contributed by atoms with Crippen LogP contribution < -0.4 is 10.1 Å². The van der Waals surface area contributed by atoms with Crippen LogP contribution in [0.3, 0.4) is 0 Å². The van der Waals surface area contributed by atoms with Crippen LogP contribution in [0.25, 0.3) is 0 Å². The van der Waals surface area contributed by atoms with Gasteiger partial charge in [-0.15, -0.1) is 0 Å². The zero-order chi connectivity index (χ0) is 15.3. The van der Waals surface area contributed by atoms with Crippen LogP contribution in [0.5, 0.6) is 5.75 Å². The van der Waals surface area contributed by atoms with Gasteiger partial charge in [-0.1, -0.05) is 0 Å². The Bertz CT molecular complexity index is 575. The fraction of sp³-hybridized carbons (Fsp3) is 0.286. The third kappa shape index (κ3) is 4.34. The van der Waals surface area contributed by atoms with Gasteiger partial charge in [0.2, 0.25) is 0 Å². The highest BCUT2D eigenvalue weighted by atomic mass is 19.4. The molecule has 0 saturated carbocycles. The molecule has 0 spiro atoms. The molecule has 0 aliphatic heterocycles. The van der Waals surface area contributed by atoms with Crippen LogP contribution in [0.4, 0.5) is 19.0 Å². The second-order valence-electron chi connectivity index (χ2n) is 4.38. The Balaban J connectivity index is 2.17. The number of aromatic nitrogens is 2. The molecule has 1 atom stereocenters. The van der Waals surface area contributed by atoms with E-state index in [2.05, 4.69) is 15.3 Å². The number of hydrogen-bond acceptors (Lipinski definition) is 4. The van der Waals surface area contributed by atoms with Crippen LogP contribution in [0, 0.1) is 0 Å². The van der Waals surface area contributed by atoms with E-state index >= 15 is 0 Å². The predicted octanol–water partition coefficient (Wildman–Crippen LogP) is 3.07. The van der Waals surface area contributed by atoms with Gasteiger partial charge in [-0.05, 0) is 23.8 Å². The highest BCUT2D eigenvalue weighted by Gasteiger charge is 2.39. The van der Waals surface area contributed by atoms with Crippen molar-refractivity contribution in [2.45, 2.75) is 18.6 Å². The highest BCUT2D eigenvalue weighted by molar-refractivity contribution is 5.42. The second-order valence-corrected chi connectivity index (χ2v) is 4.38. The van der Waals surface area contributed by atoms with Gasteiger partial charge in [0.15, 0.2) is 0 Å². The van der Waals surface area contributed by atoms with Gasteiger partial charge in [0, 0.05) is 31.1 Å². The number of rotatable bonds is 5. The Morgan fingerprint density at radius 3 is 2.52 bits per heavy atom. The SMILES string of the molecule is COc1ccnc(NC(Cc2ccncc2)C(F)(F)F)c1. The van der Waals surface area contributed by atoms with Crippen LogP contribution in [0.2, 0.25) is 0 Å². The Labute approximate surface area is 120 Å². The predicted molar refractivity (Wildman–Crippen MR) is 72.2 cm³/mol. The molecule has 0 bridgehead atoms. The summed E-state index contributed by atoms with van der Waals surface area (Å²) in [6.07, 6.45) is -0.279. The smallest absolute Gasteiger partial charge is 0.408 e. The van der Waals surface area contributed by atoms with E-state index < -0.39 is 12.2 Å². The molecule has 2 aromatic heterocycles. The average molecular weight is 297 g/mol. The van der Waals surface area contributed by atoms with E-state index in [0.717, 1.165) is 0 Å². The summed E-state index contributed by atoms with van der Waals surface area (Å²) in [7, 11) is 1.44. The van der Waals surface area contributed by atoms with Gasteiger partial charge in [0.1, 0.15) is 17.6 Å². The number of halogens is 3. The topological polar surface area (TPSA) is 47.0 Å². The van der Waals surface area contributed by atoms with Crippen LogP contribution in [-0.4, -0.2) is 29.3 Å². The fourth-order valence-corrected chi connectivity index (χ4v) is 1.80. The molecule has 2 rings (SSSR count). The molecule has 0 radical (unpaired) electrons. The van der Waals surface area contributed by atoms with E-state index in [1.165, 1.54) is 31.8 Å². The van der Waals surface area contributed by atoms with Crippen molar-refractivity contribution in [3.8, 4) is 5.75 Å². The Kier molecular flexibility index (Phi) is 4.62. The molecule has 0 fully saturated rings. The fourth-order valence-electron chi connectivity index (χ4n) is 1.80. The normalized spacial score (nSPS) is 12.8. The van der Waals surface area contributed by atoms with Crippen LogP contribution in [0.1, 0.15) is 5.56 Å². The lowest BCUT2D eigenvalue weighted by Gasteiger charge is -2.22. The van der Waals surface area contributed by atoms with Crippen molar-refractivity contribution in [3.05, 3.63) is 48.4 Å². The van der Waals surface area contributed by atoms with E-state index in [9.17, 15) is 13.2 Å². The number of alkyl halides is 3. The highest BCUT2D eigenvalue weighted by Crippen LogP contribution is 2.26. The number of ether oxygens (including phenoxy) is 1. The largest absolute Gasteiger partial charge is 0.497 e. The Morgan fingerprint density at radius 1 is 1.19 bits per heavy atom. The van der Waals surface area contributed by atoms with Crippen molar-refractivity contribution in [1.82, 2.24) is 9.97 Å². The monoisotopic (exact) mass is 297 g/mol. The molecule has 7 heteroatoms. The molecule has 2 heterocycles. The summed E-state index contributed by atoms with van der Waals surface area (Å²) in [5, 5.41) is 2.41. The summed E-state index contributed by atoms with van der Waals surface area (Å²) in [4.78, 5) is 7.67. The van der Waals surface area contributed by atoms with Crippen LogP contribution >= 0.6 is 0 Å². The van der Waals surface area contributed by atoms with Gasteiger partial charge in [-0.25, -0.2) is 4.98 Å². The first-order valence-corrected chi connectivity index (χ1v) is 6.21. The van der Waals surface area contributed by atoms with Gasteiger partial charge in [-0.3, -0.25) is 4.98 Å². The van der Waals surface area contributed by atoms with E-state index in [4.69, 9.17) is 4.74 Å². The van der Waals surface area contributed by atoms with Gasteiger partial charge < -0.3 is 10.1 Å². The summed E-state index contributed by atoms with van der Waals surface area (Å²) in [6, 6.07) is 4.36. The quantitative estimate of drug-likeness (QED) is 0.921. The number of nitrogens with zero attached hydrogens (tertiary/aromatic N) is 2. The molecule has 0 aliphatic rings. The second kappa shape index (κ2) is 6.43. The molecule has 1 unspecified atom stereocenters. The van der Waals surface area contributed by atoms with Gasteiger partial charge >= 0.3 is 6.18 Å². The number of anilines is 1. The van der Waals surface area contributed by atoms with Crippen molar-refractivity contribution in [2.75, 3.05) is 12.4 Å². The summed E-state index contributed by atoms with van der Waals surface area (Å²) < 4.78 is 44.4. The maximum atomic E-state index is 13.1. The van der Waals surface area contributed by atoms with Crippen molar-refractivity contribution in [1.29, 1.82) is 0 Å². The molecule has 21 heavy (non-hydrogen) atoms. The summed E-state index contributed by atoms with van der Waals surface area (Å²) in [5.74, 6) is 0.558. The average Bonchev–Trinajstić information content (AvgIpc) is 2.47. The summed E-state index contributed by atoms with van der Waals surface area (Å²) in [5.41, 5.74) is 0.544. The zero-order valence-corrected chi connectivity index (χ0v) is 11.3. The molecule has 4 nitrogen and oxygen atoms in total. The van der Waals surface area contributed by atoms with Crippen molar-refractivity contribution in [2.24, 2.45) is 0 Å². The molecule has 112 valence electrons. The molecular formula is C14H14F3N3O. The van der Waals surface area contributed by atoms with E-state index in [1.54, 1.807) is 18.2 Å². The molecule has 0 saturated heterocycles. The standard InChI is InChI=1S/C14H14F3N3O/c1-21-11-4-7-19-13(9-11)20-12(14(15,16)17)8-10-2-5-18-6-3-10/h2-7,9,12H,8H2,1H3,(H,19,20). The maximum Gasteiger partial charge on any atom is 0.408 e. The number of hydrogen-bond donors (Lipinski definition) is 1. The summed E-state index contributed by atoms with van der Waals surface area (Å²) in [6.45, 7) is 0. The van der Waals surface area contributed by atoms with Gasteiger partial charge in [0.25, 0.3) is 0 Å². The van der Waals surface area contributed by atoms with E-state index in [-0.39, 0.29) is 12.2 Å². The van der Waals surface area contributed by atoms with Crippen molar-refractivity contribution >= 4 is 5.82 Å². The number of methoxy groups -OCH3 is 1. The first-order valence-electron chi connectivity index (χ1n) is 6.21. The molecule has 2 aromatic rings. The van der Waals surface area contributed by atoms with E-state index in [1.807, 2.05) is 0 Å². The minimum atomic E-state index is -4.39. The number of nitrogens with one attached hydrogen (secondary N) is 1. The lowest BCUT2D eigenvalue weighted by Crippen LogP contribution is -2.38. The Hall–Kier alpha value is -2.31. The molecule has 0 amide bonds. The number of pyridine rings is 2. The third-order valence-corrected chi connectivity index (χ3v) is 2.87. The zero-order valence-electron chi connectivity index (χ0n) is 11.3. The van der Waals surface area contributed by atoms with Gasteiger partial charge in [0.05, 0.1) is 7.11 Å². The maximum absolute atomic E-state index is 13.1. The van der Waals surface area contributed by atoms with Crippen molar-refractivity contribution < 1.29 is 17.9 Å². The molecule has 0 aliphatic carbocycles. The van der Waals surface area contributed by atoms with Crippen molar-refractivity contribution in [3.63, 3.8) is 0 Å². The molecule has 1 N–H and O–H groups in total. The minimum Gasteiger partial charge on any atom is -0.497 e. The van der Waals surface area contributed by atoms with Crippen LogP contribution in [-0.2, 0) is 6.42 Å². The first-order chi connectivity index (χ1) is 9.99. The molecular weight excluding hydrogens is 283 g/mol. The van der Waals surface area contributed by atoms with Gasteiger partial charge in [-0.2, -0.15) is 13.2 Å². The van der Waals surface area contributed by atoms with E-state index in [0.29, 0.717) is 11.3 Å². The Morgan fingerprint density at radius 2 is 1.90 bits per heavy atom.